The van der Waals surface area contributed by atoms with E-state index in [1.165, 1.54) is 38.5 Å². The van der Waals surface area contributed by atoms with Crippen LogP contribution < -0.4 is 11.1 Å². The van der Waals surface area contributed by atoms with Gasteiger partial charge in [-0.2, -0.15) is 5.10 Å². The van der Waals surface area contributed by atoms with Gasteiger partial charge in [-0.15, -0.1) is 0 Å². The highest BCUT2D eigenvalue weighted by atomic mass is 16.1. The molecule has 0 saturated heterocycles. The van der Waals surface area contributed by atoms with Crippen molar-refractivity contribution in [2.75, 3.05) is 5.73 Å². The number of aryl methyl sites for hydroxylation is 1. The first-order chi connectivity index (χ1) is 9.16. The van der Waals surface area contributed by atoms with Crippen LogP contribution in [0.5, 0.6) is 0 Å². The number of carbonyl (C=O) groups is 1. The third-order valence-electron chi connectivity index (χ3n) is 3.99. The standard InChI is InChI=1S/C14H24N4O/c1-18-14(15)12(10-17-18)9-16-13(19)8-11-6-4-2-3-5-7-11/h10-11H,2-9,15H2,1H3,(H,16,19). The molecule has 0 bridgehead atoms. The summed E-state index contributed by atoms with van der Waals surface area (Å²) >= 11 is 0. The number of nitrogens with two attached hydrogens (primary N) is 1. The van der Waals surface area contributed by atoms with E-state index in [1.807, 2.05) is 0 Å². The molecule has 5 heteroatoms. The molecule has 1 aliphatic rings. The highest BCUT2D eigenvalue weighted by molar-refractivity contribution is 5.76. The normalized spacial score (nSPS) is 17.1. The number of anilines is 1. The predicted octanol–water partition coefficient (Wildman–Crippen LogP) is 1.98. The summed E-state index contributed by atoms with van der Waals surface area (Å²) in [5.74, 6) is 1.32. The summed E-state index contributed by atoms with van der Waals surface area (Å²) in [6.07, 6.45) is 9.95. The number of rotatable bonds is 4. The van der Waals surface area contributed by atoms with Gasteiger partial charge in [-0.3, -0.25) is 9.48 Å². The molecule has 5 nitrogen and oxygen atoms in total. The molecule has 19 heavy (non-hydrogen) atoms. The number of nitrogens with one attached hydrogen (secondary N) is 1. The third kappa shape index (κ3) is 3.98. The Morgan fingerprint density at radius 2 is 2.11 bits per heavy atom. The summed E-state index contributed by atoms with van der Waals surface area (Å²) in [6.45, 7) is 0.477. The predicted molar refractivity (Wildman–Crippen MR) is 75.3 cm³/mol. The molecule has 0 unspecified atom stereocenters. The van der Waals surface area contributed by atoms with Gasteiger partial charge < -0.3 is 11.1 Å². The van der Waals surface area contributed by atoms with Crippen LogP contribution in [0.4, 0.5) is 5.82 Å². The van der Waals surface area contributed by atoms with Crippen molar-refractivity contribution in [2.24, 2.45) is 13.0 Å². The Kier molecular flexibility index (Phi) is 4.82. The van der Waals surface area contributed by atoms with E-state index in [0.717, 1.165) is 5.56 Å². The number of hydrogen-bond donors (Lipinski definition) is 2. The summed E-state index contributed by atoms with van der Waals surface area (Å²) in [7, 11) is 1.80. The monoisotopic (exact) mass is 264 g/mol. The first kappa shape index (κ1) is 13.9. The Hall–Kier alpha value is -1.52. The third-order valence-corrected chi connectivity index (χ3v) is 3.99. The minimum absolute atomic E-state index is 0.134. The SMILES string of the molecule is Cn1ncc(CNC(=O)CC2CCCCCC2)c1N. The Labute approximate surface area is 114 Å². The summed E-state index contributed by atoms with van der Waals surface area (Å²) in [4.78, 5) is 11.9. The van der Waals surface area contributed by atoms with Crippen molar-refractivity contribution in [3.63, 3.8) is 0 Å². The number of carbonyl (C=O) groups excluding carboxylic acids is 1. The molecule has 0 atom stereocenters. The van der Waals surface area contributed by atoms with Gasteiger partial charge in [0, 0.05) is 25.6 Å². The van der Waals surface area contributed by atoms with Gasteiger partial charge in [-0.25, -0.2) is 0 Å². The second-order valence-electron chi connectivity index (χ2n) is 5.52. The summed E-state index contributed by atoms with van der Waals surface area (Å²) < 4.78 is 1.62. The minimum Gasteiger partial charge on any atom is -0.384 e. The van der Waals surface area contributed by atoms with E-state index in [1.54, 1.807) is 17.9 Å². The highest BCUT2D eigenvalue weighted by Gasteiger charge is 2.16. The van der Waals surface area contributed by atoms with Gasteiger partial charge in [0.1, 0.15) is 5.82 Å². The average molecular weight is 264 g/mol. The number of nitrogen functional groups attached to an aromatic ring is 1. The van der Waals surface area contributed by atoms with Crippen molar-refractivity contribution in [3.8, 4) is 0 Å². The number of aromatic nitrogens is 2. The van der Waals surface area contributed by atoms with Crippen LogP contribution in [0.2, 0.25) is 0 Å². The molecule has 1 saturated carbocycles. The molecule has 2 rings (SSSR count). The summed E-state index contributed by atoms with van der Waals surface area (Å²) in [5, 5.41) is 7.01. The van der Waals surface area contributed by atoms with E-state index >= 15 is 0 Å². The van der Waals surface area contributed by atoms with E-state index in [0.29, 0.717) is 24.7 Å². The molecule has 1 aliphatic carbocycles. The van der Waals surface area contributed by atoms with Gasteiger partial charge >= 0.3 is 0 Å². The van der Waals surface area contributed by atoms with Crippen molar-refractivity contribution in [2.45, 2.75) is 51.5 Å². The average Bonchev–Trinajstić information content (AvgIpc) is 2.60. The van der Waals surface area contributed by atoms with Gasteiger partial charge in [0.25, 0.3) is 0 Å². The van der Waals surface area contributed by atoms with E-state index < -0.39 is 0 Å². The number of hydrogen-bond acceptors (Lipinski definition) is 3. The lowest BCUT2D eigenvalue weighted by Crippen LogP contribution is -2.25. The minimum atomic E-state index is 0.134. The van der Waals surface area contributed by atoms with Gasteiger partial charge in [-0.05, 0) is 18.8 Å². The van der Waals surface area contributed by atoms with E-state index in [4.69, 9.17) is 5.73 Å². The topological polar surface area (TPSA) is 72.9 Å². The fraction of sp³-hybridized carbons (Fsp3) is 0.714. The van der Waals surface area contributed by atoms with E-state index in [9.17, 15) is 4.79 Å². The lowest BCUT2D eigenvalue weighted by atomic mass is 9.96. The Balaban J connectivity index is 1.76. The van der Waals surface area contributed by atoms with Crippen LogP contribution in [-0.2, 0) is 18.4 Å². The van der Waals surface area contributed by atoms with Crippen molar-refractivity contribution in [1.82, 2.24) is 15.1 Å². The molecule has 1 aromatic rings. The van der Waals surface area contributed by atoms with Crippen LogP contribution in [0, 0.1) is 5.92 Å². The molecule has 0 radical (unpaired) electrons. The van der Waals surface area contributed by atoms with Gasteiger partial charge in [-0.1, -0.05) is 25.7 Å². The maximum atomic E-state index is 11.9. The molecule has 1 fully saturated rings. The van der Waals surface area contributed by atoms with Gasteiger partial charge in [0.15, 0.2) is 0 Å². The van der Waals surface area contributed by atoms with Gasteiger partial charge in [0.2, 0.25) is 5.91 Å². The summed E-state index contributed by atoms with van der Waals surface area (Å²) in [6, 6.07) is 0. The molecule has 106 valence electrons. The van der Waals surface area contributed by atoms with Crippen molar-refractivity contribution >= 4 is 11.7 Å². The molecule has 3 N–H and O–H groups in total. The lowest BCUT2D eigenvalue weighted by molar-refractivity contribution is -0.122. The van der Waals surface area contributed by atoms with E-state index in [2.05, 4.69) is 10.4 Å². The van der Waals surface area contributed by atoms with Crippen LogP contribution >= 0.6 is 0 Å². The Bertz CT molecular complexity index is 419. The molecular weight excluding hydrogens is 240 g/mol. The van der Waals surface area contributed by atoms with Crippen LogP contribution in [0.25, 0.3) is 0 Å². The van der Waals surface area contributed by atoms with Crippen molar-refractivity contribution in [1.29, 1.82) is 0 Å². The smallest absolute Gasteiger partial charge is 0.220 e. The van der Waals surface area contributed by atoms with Gasteiger partial charge in [0.05, 0.1) is 6.20 Å². The number of amides is 1. The molecule has 0 spiro atoms. The number of nitrogens with zero attached hydrogens (tertiary/aromatic N) is 2. The van der Waals surface area contributed by atoms with Crippen molar-refractivity contribution < 1.29 is 4.79 Å². The van der Waals surface area contributed by atoms with Crippen LogP contribution in [0.3, 0.4) is 0 Å². The molecule has 0 aromatic carbocycles. The van der Waals surface area contributed by atoms with Crippen LogP contribution in [0.1, 0.15) is 50.5 Å². The maximum absolute atomic E-state index is 11.9. The zero-order chi connectivity index (χ0) is 13.7. The lowest BCUT2D eigenvalue weighted by Gasteiger charge is -2.13. The second kappa shape index (κ2) is 6.59. The Morgan fingerprint density at radius 1 is 1.42 bits per heavy atom. The Morgan fingerprint density at radius 3 is 2.68 bits per heavy atom. The largest absolute Gasteiger partial charge is 0.384 e. The maximum Gasteiger partial charge on any atom is 0.220 e. The van der Waals surface area contributed by atoms with Crippen LogP contribution in [0.15, 0.2) is 6.20 Å². The quantitative estimate of drug-likeness (QED) is 0.817. The van der Waals surface area contributed by atoms with Crippen molar-refractivity contribution in [3.05, 3.63) is 11.8 Å². The molecule has 1 heterocycles. The van der Waals surface area contributed by atoms with E-state index in [-0.39, 0.29) is 5.91 Å². The zero-order valence-corrected chi connectivity index (χ0v) is 11.7. The second-order valence-corrected chi connectivity index (χ2v) is 5.52. The molecule has 1 amide bonds. The molecular formula is C14H24N4O. The molecule has 0 aliphatic heterocycles. The first-order valence-corrected chi connectivity index (χ1v) is 7.20. The van der Waals surface area contributed by atoms with Crippen LogP contribution in [-0.4, -0.2) is 15.7 Å². The zero-order valence-electron chi connectivity index (χ0n) is 11.7. The first-order valence-electron chi connectivity index (χ1n) is 7.20. The highest BCUT2D eigenvalue weighted by Crippen LogP contribution is 2.25. The summed E-state index contributed by atoms with van der Waals surface area (Å²) in [5.41, 5.74) is 6.73. The fourth-order valence-electron chi connectivity index (χ4n) is 2.72. The fourth-order valence-corrected chi connectivity index (χ4v) is 2.72. The molecule has 1 aromatic heterocycles.